The lowest BCUT2D eigenvalue weighted by atomic mass is 10.2. The molecule has 0 saturated heterocycles. The lowest BCUT2D eigenvalue weighted by Gasteiger charge is -2.08. The van der Waals surface area contributed by atoms with Gasteiger partial charge >= 0.3 is 0 Å². The number of non-ortho nitro benzene ring substituents is 1. The Kier molecular flexibility index (Phi) is 3.28. The maximum Gasteiger partial charge on any atom is 0.271 e. The van der Waals surface area contributed by atoms with Crippen molar-refractivity contribution in [2.24, 2.45) is 0 Å². The molecule has 1 N–H and O–H groups in total. The van der Waals surface area contributed by atoms with Crippen LogP contribution in [0.2, 0.25) is 0 Å². The lowest BCUT2D eigenvalue weighted by molar-refractivity contribution is -0.384. The van der Waals surface area contributed by atoms with Crippen molar-refractivity contribution in [3.8, 4) is 5.75 Å². The Morgan fingerprint density at radius 1 is 1.57 bits per heavy atom. The molecule has 0 aliphatic rings. The zero-order valence-electron chi connectivity index (χ0n) is 8.11. The minimum Gasteiger partial charge on any atom is -0.492 e. The van der Waals surface area contributed by atoms with Gasteiger partial charge in [0.1, 0.15) is 5.75 Å². The van der Waals surface area contributed by atoms with E-state index < -0.39 is 4.92 Å². The summed E-state index contributed by atoms with van der Waals surface area (Å²) in [6.07, 6.45) is 0. The van der Waals surface area contributed by atoms with Crippen LogP contribution in [-0.2, 0) is 0 Å². The Hall–Kier alpha value is -1.78. The van der Waals surface area contributed by atoms with Gasteiger partial charge in [-0.05, 0) is 13.0 Å². The Balaban J connectivity index is 3.04. The normalized spacial score (nSPS) is 9.57. The molecule has 5 nitrogen and oxygen atoms in total. The van der Waals surface area contributed by atoms with Gasteiger partial charge in [-0.25, -0.2) is 0 Å². The van der Waals surface area contributed by atoms with E-state index in [2.05, 4.69) is 5.32 Å². The van der Waals surface area contributed by atoms with E-state index in [1.165, 1.54) is 12.1 Å². The maximum atomic E-state index is 10.5. The second kappa shape index (κ2) is 4.45. The van der Waals surface area contributed by atoms with E-state index in [-0.39, 0.29) is 5.69 Å². The number of nitro benzene ring substituents is 1. The first-order valence-corrected chi connectivity index (χ1v) is 4.28. The number of hydrogen-bond acceptors (Lipinski definition) is 4. The number of anilines is 1. The van der Waals surface area contributed by atoms with Gasteiger partial charge in [0.05, 0.1) is 17.2 Å². The number of ether oxygens (including phenoxy) is 1. The predicted octanol–water partition coefficient (Wildman–Crippen LogP) is 2.04. The Morgan fingerprint density at radius 3 is 2.79 bits per heavy atom. The van der Waals surface area contributed by atoms with Crippen LogP contribution in [0.15, 0.2) is 18.2 Å². The second-order valence-corrected chi connectivity index (χ2v) is 2.62. The monoisotopic (exact) mass is 196 g/mol. The summed E-state index contributed by atoms with van der Waals surface area (Å²) >= 11 is 0. The van der Waals surface area contributed by atoms with Crippen molar-refractivity contribution in [1.29, 1.82) is 0 Å². The molecule has 0 unspecified atom stereocenters. The van der Waals surface area contributed by atoms with Crippen molar-refractivity contribution >= 4 is 11.4 Å². The SMILES string of the molecule is CCOc1ccc([N+](=O)[O-])cc1NC. The Bertz CT molecular complexity index is 339. The molecular weight excluding hydrogens is 184 g/mol. The molecule has 1 aromatic rings. The van der Waals surface area contributed by atoms with Gasteiger partial charge < -0.3 is 10.1 Å². The molecule has 0 amide bonds. The summed E-state index contributed by atoms with van der Waals surface area (Å²) in [7, 11) is 1.70. The number of benzene rings is 1. The highest BCUT2D eigenvalue weighted by molar-refractivity contribution is 5.61. The minimum atomic E-state index is -0.434. The van der Waals surface area contributed by atoms with Crippen LogP contribution >= 0.6 is 0 Å². The Morgan fingerprint density at radius 2 is 2.29 bits per heavy atom. The minimum absolute atomic E-state index is 0.0535. The smallest absolute Gasteiger partial charge is 0.271 e. The Labute approximate surface area is 81.8 Å². The van der Waals surface area contributed by atoms with Crippen molar-refractivity contribution in [3.63, 3.8) is 0 Å². The van der Waals surface area contributed by atoms with Crippen molar-refractivity contribution in [1.82, 2.24) is 0 Å². The van der Waals surface area contributed by atoms with Crippen molar-refractivity contribution < 1.29 is 9.66 Å². The van der Waals surface area contributed by atoms with Gasteiger partial charge in [0.2, 0.25) is 0 Å². The quantitative estimate of drug-likeness (QED) is 0.591. The molecule has 0 bridgehead atoms. The topological polar surface area (TPSA) is 64.4 Å². The molecule has 5 heteroatoms. The van der Waals surface area contributed by atoms with E-state index in [1.54, 1.807) is 13.1 Å². The van der Waals surface area contributed by atoms with E-state index in [1.807, 2.05) is 6.92 Å². The van der Waals surface area contributed by atoms with E-state index in [9.17, 15) is 10.1 Å². The average Bonchev–Trinajstić information content (AvgIpc) is 2.18. The van der Waals surface area contributed by atoms with Crippen molar-refractivity contribution in [2.75, 3.05) is 19.0 Å². The summed E-state index contributed by atoms with van der Waals surface area (Å²) in [6, 6.07) is 4.46. The number of nitrogens with one attached hydrogen (secondary N) is 1. The highest BCUT2D eigenvalue weighted by atomic mass is 16.6. The second-order valence-electron chi connectivity index (χ2n) is 2.62. The molecule has 0 heterocycles. The first-order valence-electron chi connectivity index (χ1n) is 4.28. The highest BCUT2D eigenvalue weighted by Gasteiger charge is 2.09. The zero-order chi connectivity index (χ0) is 10.6. The van der Waals surface area contributed by atoms with Gasteiger partial charge in [-0.15, -0.1) is 0 Å². The largest absolute Gasteiger partial charge is 0.492 e. The van der Waals surface area contributed by atoms with E-state index in [4.69, 9.17) is 4.74 Å². The van der Waals surface area contributed by atoms with Gasteiger partial charge in [-0.2, -0.15) is 0 Å². The summed E-state index contributed by atoms with van der Waals surface area (Å²) in [5.41, 5.74) is 0.679. The third kappa shape index (κ3) is 2.12. The molecule has 14 heavy (non-hydrogen) atoms. The van der Waals surface area contributed by atoms with Crippen LogP contribution in [0.5, 0.6) is 5.75 Å². The summed E-state index contributed by atoms with van der Waals surface area (Å²) in [5.74, 6) is 0.626. The fourth-order valence-electron chi connectivity index (χ4n) is 1.11. The molecule has 0 aromatic heterocycles. The summed E-state index contributed by atoms with van der Waals surface area (Å²) in [4.78, 5) is 10.0. The molecular formula is C9H12N2O3. The molecule has 0 radical (unpaired) electrons. The van der Waals surface area contributed by atoms with Crippen LogP contribution in [0, 0.1) is 10.1 Å². The molecule has 0 spiro atoms. The molecule has 0 fully saturated rings. The molecule has 0 atom stereocenters. The van der Waals surface area contributed by atoms with Crippen molar-refractivity contribution in [2.45, 2.75) is 6.92 Å². The summed E-state index contributed by atoms with van der Waals surface area (Å²) < 4.78 is 5.28. The van der Waals surface area contributed by atoms with E-state index in [0.29, 0.717) is 18.0 Å². The number of hydrogen-bond donors (Lipinski definition) is 1. The van der Waals surface area contributed by atoms with E-state index in [0.717, 1.165) is 0 Å². The summed E-state index contributed by atoms with van der Waals surface area (Å²) in [5, 5.41) is 13.3. The van der Waals surface area contributed by atoms with Crippen LogP contribution in [0.4, 0.5) is 11.4 Å². The number of nitrogens with zero attached hydrogens (tertiary/aromatic N) is 1. The van der Waals surface area contributed by atoms with Crippen LogP contribution in [-0.4, -0.2) is 18.6 Å². The van der Waals surface area contributed by atoms with Gasteiger partial charge in [-0.3, -0.25) is 10.1 Å². The van der Waals surface area contributed by atoms with Crippen LogP contribution < -0.4 is 10.1 Å². The first kappa shape index (κ1) is 10.3. The maximum absolute atomic E-state index is 10.5. The average molecular weight is 196 g/mol. The lowest BCUT2D eigenvalue weighted by Crippen LogP contribution is -1.98. The van der Waals surface area contributed by atoms with Gasteiger partial charge in [0, 0.05) is 19.2 Å². The number of nitro groups is 1. The molecule has 1 aromatic carbocycles. The predicted molar refractivity (Wildman–Crippen MR) is 53.8 cm³/mol. The fraction of sp³-hybridized carbons (Fsp3) is 0.333. The molecule has 1 rings (SSSR count). The van der Waals surface area contributed by atoms with E-state index >= 15 is 0 Å². The highest BCUT2D eigenvalue weighted by Crippen LogP contribution is 2.28. The standard InChI is InChI=1S/C9H12N2O3/c1-3-14-9-5-4-7(11(12)13)6-8(9)10-2/h4-6,10H,3H2,1-2H3. The van der Waals surface area contributed by atoms with Crippen molar-refractivity contribution in [3.05, 3.63) is 28.3 Å². The van der Waals surface area contributed by atoms with Crippen LogP contribution in [0.1, 0.15) is 6.92 Å². The summed E-state index contributed by atoms with van der Waals surface area (Å²) in [6.45, 7) is 2.40. The van der Waals surface area contributed by atoms with Gasteiger partial charge in [-0.1, -0.05) is 0 Å². The zero-order valence-corrected chi connectivity index (χ0v) is 8.11. The molecule has 0 saturated carbocycles. The van der Waals surface area contributed by atoms with Gasteiger partial charge in [0.15, 0.2) is 0 Å². The van der Waals surface area contributed by atoms with Gasteiger partial charge in [0.25, 0.3) is 5.69 Å². The first-order chi connectivity index (χ1) is 6.69. The van der Waals surface area contributed by atoms with Crippen LogP contribution in [0.25, 0.3) is 0 Å². The third-order valence-electron chi connectivity index (χ3n) is 1.74. The molecule has 76 valence electrons. The molecule has 0 aliphatic heterocycles. The fourth-order valence-corrected chi connectivity index (χ4v) is 1.11. The molecule has 0 aliphatic carbocycles. The number of rotatable bonds is 4. The third-order valence-corrected chi connectivity index (χ3v) is 1.74. The van der Waals surface area contributed by atoms with Crippen LogP contribution in [0.3, 0.4) is 0 Å².